The van der Waals surface area contributed by atoms with Crippen LogP contribution in [-0.4, -0.2) is 30.8 Å². The zero-order chi connectivity index (χ0) is 16.4. The third kappa shape index (κ3) is 3.72. The average molecular weight is 368 g/mol. The topological polar surface area (TPSA) is 101 Å². The largest absolute Gasteiger partial charge is 0.301 e. The van der Waals surface area contributed by atoms with Crippen molar-refractivity contribution in [1.82, 2.24) is 14.7 Å². The first-order valence-electron chi connectivity index (χ1n) is 6.50. The second-order valence-electron chi connectivity index (χ2n) is 4.57. The summed E-state index contributed by atoms with van der Waals surface area (Å²) < 4.78 is 27.6. The number of aromatic nitrogens is 2. The first-order chi connectivity index (χ1) is 10.9. The summed E-state index contributed by atoms with van der Waals surface area (Å²) in [6.45, 7) is 1.50. The fraction of sp³-hybridized carbons (Fsp3) is 0.154. The quantitative estimate of drug-likeness (QED) is 0.717. The van der Waals surface area contributed by atoms with Crippen molar-refractivity contribution in [2.75, 3.05) is 11.9 Å². The lowest BCUT2D eigenvalue weighted by Gasteiger charge is -2.06. The van der Waals surface area contributed by atoms with Crippen LogP contribution in [0.4, 0.5) is 5.13 Å². The summed E-state index contributed by atoms with van der Waals surface area (Å²) in [7, 11) is -3.77. The van der Waals surface area contributed by atoms with E-state index in [1.807, 2.05) is 6.92 Å². The number of amides is 1. The van der Waals surface area contributed by atoms with Crippen LogP contribution in [0.5, 0.6) is 0 Å². The second-order valence-corrected chi connectivity index (χ2v) is 8.47. The number of aryl methyl sites for hydroxylation is 1. The van der Waals surface area contributed by atoms with Gasteiger partial charge in [0.1, 0.15) is 0 Å². The van der Waals surface area contributed by atoms with Crippen molar-refractivity contribution in [2.24, 2.45) is 0 Å². The van der Waals surface area contributed by atoms with Gasteiger partial charge in [0.15, 0.2) is 5.13 Å². The molecule has 23 heavy (non-hydrogen) atoms. The molecule has 0 bridgehead atoms. The van der Waals surface area contributed by atoms with Gasteiger partial charge >= 0.3 is 0 Å². The Hall–Kier alpha value is -1.88. The molecule has 0 fully saturated rings. The molecule has 0 spiro atoms. The van der Waals surface area contributed by atoms with Gasteiger partial charge in [0.05, 0.1) is 26.7 Å². The first kappa shape index (κ1) is 16.0. The molecule has 2 N–H and O–H groups in total. The van der Waals surface area contributed by atoms with Gasteiger partial charge in [-0.05, 0) is 25.1 Å². The Morgan fingerprint density at radius 3 is 2.91 bits per heavy atom. The summed E-state index contributed by atoms with van der Waals surface area (Å²) in [4.78, 5) is 20.0. The molecule has 0 unspecified atom stereocenters. The van der Waals surface area contributed by atoms with Crippen LogP contribution in [0, 0.1) is 6.92 Å². The smallest absolute Gasteiger partial charge is 0.241 e. The van der Waals surface area contributed by atoms with E-state index in [0.717, 1.165) is 15.2 Å². The molecule has 0 aliphatic rings. The second kappa shape index (κ2) is 6.32. The number of nitrogens with one attached hydrogen (secondary N) is 2. The molecule has 0 aliphatic carbocycles. The van der Waals surface area contributed by atoms with Crippen LogP contribution in [0.1, 0.15) is 5.01 Å². The number of anilines is 1. The minimum atomic E-state index is -3.77. The number of hydrogen-bond donors (Lipinski definition) is 2. The molecule has 0 aliphatic heterocycles. The van der Waals surface area contributed by atoms with E-state index < -0.39 is 15.9 Å². The fourth-order valence-corrected chi connectivity index (χ4v) is 4.37. The average Bonchev–Trinajstić information content (AvgIpc) is 3.12. The van der Waals surface area contributed by atoms with Gasteiger partial charge in [0.2, 0.25) is 15.9 Å². The number of thiazole rings is 2. The van der Waals surface area contributed by atoms with Gasteiger partial charge in [-0.25, -0.2) is 23.1 Å². The Morgan fingerprint density at radius 1 is 1.35 bits per heavy atom. The molecule has 0 saturated heterocycles. The van der Waals surface area contributed by atoms with Gasteiger partial charge in [0, 0.05) is 11.6 Å². The number of carbonyl (C=O) groups is 1. The van der Waals surface area contributed by atoms with Crippen LogP contribution in [-0.2, 0) is 14.8 Å². The summed E-state index contributed by atoms with van der Waals surface area (Å²) in [6.07, 6.45) is 1.55. The van der Waals surface area contributed by atoms with Crippen LogP contribution in [0.25, 0.3) is 10.2 Å². The Kier molecular flexibility index (Phi) is 4.39. The highest BCUT2D eigenvalue weighted by molar-refractivity contribution is 7.89. The Labute approximate surface area is 140 Å². The van der Waals surface area contributed by atoms with Crippen molar-refractivity contribution in [3.63, 3.8) is 0 Å². The minimum absolute atomic E-state index is 0.107. The predicted octanol–water partition coefficient (Wildman–Crippen LogP) is 1.98. The maximum Gasteiger partial charge on any atom is 0.241 e. The standard InChI is InChI=1S/C13H12N4O3S3/c1-8-16-10-3-2-9(6-11(10)22-8)23(19,20)15-7-12(18)17-13-14-4-5-21-13/h2-6,15H,7H2,1H3,(H,14,17,18). The van der Waals surface area contributed by atoms with Crippen LogP contribution < -0.4 is 10.0 Å². The molecule has 1 aromatic carbocycles. The minimum Gasteiger partial charge on any atom is -0.301 e. The van der Waals surface area contributed by atoms with Crippen molar-refractivity contribution < 1.29 is 13.2 Å². The molecule has 3 rings (SSSR count). The maximum atomic E-state index is 12.3. The molecular weight excluding hydrogens is 356 g/mol. The lowest BCUT2D eigenvalue weighted by molar-refractivity contribution is -0.115. The number of fused-ring (bicyclic) bond motifs is 1. The molecule has 0 radical (unpaired) electrons. The zero-order valence-electron chi connectivity index (χ0n) is 11.9. The number of benzene rings is 1. The molecule has 2 heterocycles. The first-order valence-corrected chi connectivity index (χ1v) is 9.68. The third-order valence-electron chi connectivity index (χ3n) is 2.88. The molecule has 7 nitrogen and oxygen atoms in total. The van der Waals surface area contributed by atoms with Gasteiger partial charge in [-0.3, -0.25) is 4.79 Å². The summed E-state index contributed by atoms with van der Waals surface area (Å²) in [6, 6.07) is 4.69. The normalized spacial score (nSPS) is 11.7. The highest BCUT2D eigenvalue weighted by Crippen LogP contribution is 2.24. The number of carbonyl (C=O) groups excluding carboxylic acids is 1. The van der Waals surface area contributed by atoms with Crippen molar-refractivity contribution in [1.29, 1.82) is 0 Å². The van der Waals surface area contributed by atoms with E-state index >= 15 is 0 Å². The number of sulfonamides is 1. The molecule has 0 saturated carbocycles. The summed E-state index contributed by atoms with van der Waals surface area (Å²) >= 11 is 2.68. The molecule has 1 amide bonds. The lowest BCUT2D eigenvalue weighted by Crippen LogP contribution is -2.32. The van der Waals surface area contributed by atoms with Crippen LogP contribution in [0.2, 0.25) is 0 Å². The monoisotopic (exact) mass is 368 g/mol. The molecule has 3 aromatic rings. The van der Waals surface area contributed by atoms with E-state index in [1.165, 1.54) is 28.7 Å². The Balaban J connectivity index is 1.71. The fourth-order valence-electron chi connectivity index (χ4n) is 1.88. The number of rotatable bonds is 5. The third-order valence-corrected chi connectivity index (χ3v) is 5.90. The van der Waals surface area contributed by atoms with Gasteiger partial charge < -0.3 is 5.32 Å². The van der Waals surface area contributed by atoms with E-state index in [9.17, 15) is 13.2 Å². The molecule has 0 atom stereocenters. The summed E-state index contributed by atoms with van der Waals surface area (Å²) in [5.41, 5.74) is 0.757. The van der Waals surface area contributed by atoms with Gasteiger partial charge in [-0.1, -0.05) is 0 Å². The van der Waals surface area contributed by atoms with Gasteiger partial charge in [0.25, 0.3) is 0 Å². The van der Waals surface area contributed by atoms with Crippen molar-refractivity contribution in [2.45, 2.75) is 11.8 Å². The lowest BCUT2D eigenvalue weighted by atomic mass is 10.3. The number of nitrogens with zero attached hydrogens (tertiary/aromatic N) is 2. The highest BCUT2D eigenvalue weighted by Gasteiger charge is 2.17. The van der Waals surface area contributed by atoms with E-state index in [0.29, 0.717) is 5.13 Å². The van der Waals surface area contributed by atoms with Crippen LogP contribution in [0.3, 0.4) is 0 Å². The Morgan fingerprint density at radius 2 is 2.17 bits per heavy atom. The molecule has 10 heteroatoms. The predicted molar refractivity (Wildman–Crippen MR) is 90.3 cm³/mol. The Bertz CT molecular complexity index is 948. The summed E-state index contributed by atoms with van der Waals surface area (Å²) in [5.74, 6) is -0.474. The van der Waals surface area contributed by atoms with E-state index in [2.05, 4.69) is 20.0 Å². The maximum absolute atomic E-state index is 12.3. The van der Waals surface area contributed by atoms with Crippen molar-refractivity contribution in [3.8, 4) is 0 Å². The van der Waals surface area contributed by atoms with E-state index in [-0.39, 0.29) is 11.4 Å². The van der Waals surface area contributed by atoms with Crippen molar-refractivity contribution in [3.05, 3.63) is 34.8 Å². The van der Waals surface area contributed by atoms with E-state index in [4.69, 9.17) is 0 Å². The van der Waals surface area contributed by atoms with E-state index in [1.54, 1.807) is 23.7 Å². The molecule has 120 valence electrons. The SMILES string of the molecule is Cc1nc2ccc(S(=O)(=O)NCC(=O)Nc3nccs3)cc2s1. The van der Waals surface area contributed by atoms with Gasteiger partial charge in [-0.15, -0.1) is 22.7 Å². The zero-order valence-corrected chi connectivity index (χ0v) is 14.4. The van der Waals surface area contributed by atoms with Gasteiger partial charge in [-0.2, -0.15) is 0 Å². The summed E-state index contributed by atoms with van der Waals surface area (Å²) in [5, 5.41) is 5.52. The molecular formula is C13H12N4O3S3. The highest BCUT2D eigenvalue weighted by atomic mass is 32.2. The van der Waals surface area contributed by atoms with Crippen molar-refractivity contribution >= 4 is 54.0 Å². The van der Waals surface area contributed by atoms with Crippen LogP contribution >= 0.6 is 22.7 Å². The van der Waals surface area contributed by atoms with Crippen LogP contribution in [0.15, 0.2) is 34.7 Å². The molecule has 2 aromatic heterocycles. The number of hydrogen-bond acceptors (Lipinski definition) is 7.